The molecule has 2 heterocycles. The molecule has 3 rings (SSSR count). The molecule has 0 aliphatic carbocycles. The number of ether oxygens (including phenoxy) is 1. The molecule has 2 saturated heterocycles. The van der Waals surface area contributed by atoms with E-state index in [9.17, 15) is 4.79 Å². The van der Waals surface area contributed by atoms with Gasteiger partial charge in [-0.15, -0.1) is 12.4 Å². The first-order chi connectivity index (χ1) is 10.1. The average Bonchev–Trinajstić information content (AvgIpc) is 2.84. The van der Waals surface area contributed by atoms with E-state index < -0.39 is 0 Å². The number of hydrogen-bond acceptors (Lipinski definition) is 3. The number of hydrogen-bond donors (Lipinski definition) is 1. The molecular weight excluding hydrogens is 300 g/mol. The Hall–Kier alpha value is -1.26. The van der Waals surface area contributed by atoms with Crippen molar-refractivity contribution in [2.75, 3.05) is 14.2 Å². The number of carbonyl (C=O) groups excluding carboxylic acids is 1. The SMILES string of the molecule is COc1ccc(C(=O)N(C)C2CC3CCC(C2)N3)c(C)c1.Cl. The van der Waals surface area contributed by atoms with Gasteiger partial charge in [0.1, 0.15) is 5.75 Å². The van der Waals surface area contributed by atoms with Crippen LogP contribution in [0.3, 0.4) is 0 Å². The Morgan fingerprint density at radius 2 is 1.91 bits per heavy atom. The van der Waals surface area contributed by atoms with Gasteiger partial charge in [0.15, 0.2) is 0 Å². The second-order valence-electron chi connectivity index (χ2n) is 6.36. The van der Waals surface area contributed by atoms with Crippen LogP contribution in [-0.2, 0) is 0 Å². The van der Waals surface area contributed by atoms with E-state index in [-0.39, 0.29) is 18.3 Å². The molecule has 5 heteroatoms. The molecule has 0 aromatic heterocycles. The lowest BCUT2D eigenvalue weighted by molar-refractivity contribution is 0.0681. The number of aryl methyl sites for hydroxylation is 1. The molecule has 0 radical (unpaired) electrons. The van der Waals surface area contributed by atoms with E-state index >= 15 is 0 Å². The maximum absolute atomic E-state index is 12.8. The Balaban J connectivity index is 0.00000176. The summed E-state index contributed by atoms with van der Waals surface area (Å²) in [5, 5.41) is 3.63. The highest BCUT2D eigenvalue weighted by Gasteiger charge is 2.36. The van der Waals surface area contributed by atoms with Gasteiger partial charge in [-0.05, 0) is 56.4 Å². The van der Waals surface area contributed by atoms with Gasteiger partial charge in [-0.1, -0.05) is 0 Å². The number of amides is 1. The molecule has 1 aromatic carbocycles. The van der Waals surface area contributed by atoms with E-state index in [1.165, 1.54) is 12.8 Å². The number of nitrogens with one attached hydrogen (secondary N) is 1. The summed E-state index contributed by atoms with van der Waals surface area (Å²) in [6.45, 7) is 1.97. The number of rotatable bonds is 3. The van der Waals surface area contributed by atoms with Crippen molar-refractivity contribution in [2.24, 2.45) is 0 Å². The van der Waals surface area contributed by atoms with E-state index in [0.717, 1.165) is 29.7 Å². The standard InChI is InChI=1S/C17H24N2O2.ClH/c1-11-8-15(21-3)6-7-16(11)17(20)19(2)14-9-12-4-5-13(10-14)18-12;/h6-8,12-14,18H,4-5,9-10H2,1-3H3;1H. The molecule has 0 spiro atoms. The van der Waals surface area contributed by atoms with Crippen molar-refractivity contribution >= 4 is 18.3 Å². The molecule has 2 unspecified atom stereocenters. The van der Waals surface area contributed by atoms with Crippen LogP contribution in [0.15, 0.2) is 18.2 Å². The first-order valence-corrected chi connectivity index (χ1v) is 7.76. The number of halogens is 1. The Kier molecular flexibility index (Phi) is 5.35. The summed E-state index contributed by atoms with van der Waals surface area (Å²) in [5.74, 6) is 0.924. The molecule has 1 amide bonds. The van der Waals surface area contributed by atoms with Gasteiger partial charge < -0.3 is 15.0 Å². The Morgan fingerprint density at radius 1 is 1.27 bits per heavy atom. The second-order valence-corrected chi connectivity index (χ2v) is 6.36. The summed E-state index contributed by atoms with van der Waals surface area (Å²) in [5.41, 5.74) is 1.76. The van der Waals surface area contributed by atoms with Crippen molar-refractivity contribution in [1.82, 2.24) is 10.2 Å². The number of benzene rings is 1. The normalized spacial score (nSPS) is 26.2. The molecule has 2 aliphatic heterocycles. The lowest BCUT2D eigenvalue weighted by atomic mass is 9.97. The van der Waals surface area contributed by atoms with Crippen LogP contribution < -0.4 is 10.1 Å². The maximum atomic E-state index is 12.8. The van der Waals surface area contributed by atoms with Gasteiger partial charge in [0.05, 0.1) is 7.11 Å². The smallest absolute Gasteiger partial charge is 0.254 e. The van der Waals surface area contributed by atoms with Crippen LogP contribution in [0.2, 0.25) is 0 Å². The largest absolute Gasteiger partial charge is 0.497 e. The predicted octanol–water partition coefficient (Wildman–Crippen LogP) is 2.78. The zero-order valence-electron chi connectivity index (χ0n) is 13.5. The van der Waals surface area contributed by atoms with Crippen LogP contribution in [0.4, 0.5) is 0 Å². The molecule has 1 aromatic rings. The van der Waals surface area contributed by atoms with E-state index in [0.29, 0.717) is 18.1 Å². The van der Waals surface area contributed by atoms with E-state index in [4.69, 9.17) is 4.74 Å². The highest BCUT2D eigenvalue weighted by Crippen LogP contribution is 2.30. The quantitative estimate of drug-likeness (QED) is 0.929. The fourth-order valence-electron chi connectivity index (χ4n) is 3.70. The summed E-state index contributed by atoms with van der Waals surface area (Å²) in [6.07, 6.45) is 4.66. The van der Waals surface area contributed by atoms with Gasteiger partial charge in [-0.2, -0.15) is 0 Å². The van der Waals surface area contributed by atoms with E-state index in [1.807, 2.05) is 37.1 Å². The molecule has 0 saturated carbocycles. The van der Waals surface area contributed by atoms with Crippen LogP contribution in [0.1, 0.15) is 41.6 Å². The minimum Gasteiger partial charge on any atom is -0.497 e. The number of carbonyl (C=O) groups is 1. The molecular formula is C17H25ClN2O2. The van der Waals surface area contributed by atoms with Crippen molar-refractivity contribution in [3.63, 3.8) is 0 Å². The third kappa shape index (κ3) is 3.23. The monoisotopic (exact) mass is 324 g/mol. The Labute approximate surface area is 138 Å². The predicted molar refractivity (Wildman–Crippen MR) is 90.0 cm³/mol. The van der Waals surface area contributed by atoms with Gasteiger partial charge in [-0.3, -0.25) is 4.79 Å². The highest BCUT2D eigenvalue weighted by molar-refractivity contribution is 5.95. The molecule has 2 fully saturated rings. The fraction of sp³-hybridized carbons (Fsp3) is 0.588. The first kappa shape index (κ1) is 17.1. The number of fused-ring (bicyclic) bond motifs is 2. The van der Waals surface area contributed by atoms with Crippen molar-refractivity contribution < 1.29 is 9.53 Å². The van der Waals surface area contributed by atoms with Crippen molar-refractivity contribution in [3.05, 3.63) is 29.3 Å². The molecule has 2 atom stereocenters. The van der Waals surface area contributed by atoms with Crippen LogP contribution >= 0.6 is 12.4 Å². The zero-order valence-corrected chi connectivity index (χ0v) is 14.3. The lowest BCUT2D eigenvalue weighted by Crippen LogP contribution is -2.48. The molecule has 1 N–H and O–H groups in total. The third-order valence-corrected chi connectivity index (χ3v) is 4.98. The van der Waals surface area contributed by atoms with Gasteiger partial charge in [-0.25, -0.2) is 0 Å². The highest BCUT2D eigenvalue weighted by atomic mass is 35.5. The van der Waals surface area contributed by atoms with Crippen LogP contribution in [0.25, 0.3) is 0 Å². The van der Waals surface area contributed by atoms with Crippen LogP contribution in [-0.4, -0.2) is 43.1 Å². The topological polar surface area (TPSA) is 41.6 Å². The minimum atomic E-state index is 0. The van der Waals surface area contributed by atoms with Crippen molar-refractivity contribution in [3.8, 4) is 5.75 Å². The lowest BCUT2D eigenvalue weighted by Gasteiger charge is -2.35. The number of nitrogens with zero attached hydrogens (tertiary/aromatic N) is 1. The van der Waals surface area contributed by atoms with Gasteiger partial charge in [0, 0.05) is 30.7 Å². The van der Waals surface area contributed by atoms with Gasteiger partial charge in [0.25, 0.3) is 5.91 Å². The molecule has 2 bridgehead atoms. The van der Waals surface area contributed by atoms with Crippen molar-refractivity contribution in [2.45, 2.75) is 50.7 Å². The maximum Gasteiger partial charge on any atom is 0.254 e. The van der Waals surface area contributed by atoms with Gasteiger partial charge in [0.2, 0.25) is 0 Å². The van der Waals surface area contributed by atoms with Crippen LogP contribution in [0.5, 0.6) is 5.75 Å². The Morgan fingerprint density at radius 3 is 2.45 bits per heavy atom. The van der Waals surface area contributed by atoms with Crippen molar-refractivity contribution in [1.29, 1.82) is 0 Å². The zero-order chi connectivity index (χ0) is 15.0. The Bertz CT molecular complexity index is 537. The summed E-state index contributed by atoms with van der Waals surface area (Å²) in [6, 6.07) is 7.22. The third-order valence-electron chi connectivity index (χ3n) is 4.98. The van der Waals surface area contributed by atoms with Crippen LogP contribution in [0, 0.1) is 6.92 Å². The van der Waals surface area contributed by atoms with Gasteiger partial charge >= 0.3 is 0 Å². The summed E-state index contributed by atoms with van der Waals surface area (Å²) in [4.78, 5) is 14.7. The number of methoxy groups -OCH3 is 1. The minimum absolute atomic E-state index is 0. The first-order valence-electron chi connectivity index (χ1n) is 7.76. The summed E-state index contributed by atoms with van der Waals surface area (Å²) in [7, 11) is 3.59. The fourth-order valence-corrected chi connectivity index (χ4v) is 3.70. The summed E-state index contributed by atoms with van der Waals surface area (Å²) < 4.78 is 5.21. The second kappa shape index (κ2) is 6.88. The summed E-state index contributed by atoms with van der Waals surface area (Å²) >= 11 is 0. The molecule has 2 aliphatic rings. The molecule has 4 nitrogen and oxygen atoms in total. The van der Waals surface area contributed by atoms with E-state index in [2.05, 4.69) is 5.32 Å². The molecule has 122 valence electrons. The average molecular weight is 325 g/mol. The van der Waals surface area contributed by atoms with E-state index in [1.54, 1.807) is 7.11 Å². The number of piperidine rings is 1. The molecule has 22 heavy (non-hydrogen) atoms.